The summed E-state index contributed by atoms with van der Waals surface area (Å²) >= 11 is 0. The third-order valence-electron chi connectivity index (χ3n) is 3.74. The van der Waals surface area contributed by atoms with E-state index in [9.17, 15) is 4.79 Å². The Hall–Kier alpha value is -3.74. The minimum atomic E-state index is -0.980. The van der Waals surface area contributed by atoms with Crippen LogP contribution in [0.5, 0.6) is 0 Å². The molecule has 0 aliphatic heterocycles. The number of anilines is 2. The van der Waals surface area contributed by atoms with Crippen LogP contribution in [-0.4, -0.2) is 31.0 Å². The third-order valence-corrected chi connectivity index (χ3v) is 3.74. The van der Waals surface area contributed by atoms with Crippen LogP contribution in [0.3, 0.4) is 0 Å². The van der Waals surface area contributed by atoms with E-state index in [0.717, 1.165) is 22.3 Å². The zero-order valence-corrected chi connectivity index (χ0v) is 13.0. The fraction of sp³-hybridized carbons (Fsp3) is 0. The molecule has 0 amide bonds. The van der Waals surface area contributed by atoms with Gasteiger partial charge in [-0.2, -0.15) is 0 Å². The van der Waals surface area contributed by atoms with E-state index in [1.54, 1.807) is 24.7 Å². The van der Waals surface area contributed by atoms with Crippen molar-refractivity contribution in [3.8, 4) is 11.3 Å². The summed E-state index contributed by atoms with van der Waals surface area (Å²) in [5.41, 5.74) is 4.32. The molecule has 122 valence electrons. The van der Waals surface area contributed by atoms with Crippen LogP contribution < -0.4 is 5.32 Å². The van der Waals surface area contributed by atoms with Gasteiger partial charge >= 0.3 is 5.97 Å². The Balaban J connectivity index is 1.65. The van der Waals surface area contributed by atoms with Gasteiger partial charge < -0.3 is 15.4 Å². The Kier molecular flexibility index (Phi) is 3.59. The first-order valence-electron chi connectivity index (χ1n) is 7.56. The summed E-state index contributed by atoms with van der Waals surface area (Å²) in [7, 11) is 0. The molecule has 2 aromatic heterocycles. The Morgan fingerprint density at radius 3 is 2.88 bits per heavy atom. The fourth-order valence-corrected chi connectivity index (χ4v) is 2.53. The summed E-state index contributed by atoms with van der Waals surface area (Å²) in [5, 5.41) is 12.1. The molecule has 0 aliphatic rings. The van der Waals surface area contributed by atoms with Crippen molar-refractivity contribution in [3.05, 3.63) is 66.6 Å². The van der Waals surface area contributed by atoms with Crippen molar-refractivity contribution in [1.82, 2.24) is 19.9 Å². The molecule has 25 heavy (non-hydrogen) atoms. The maximum Gasteiger partial charge on any atom is 0.335 e. The van der Waals surface area contributed by atoms with Crippen LogP contribution >= 0.6 is 0 Å². The highest BCUT2D eigenvalue weighted by Gasteiger charge is 2.07. The normalized spacial score (nSPS) is 10.7. The highest BCUT2D eigenvalue weighted by molar-refractivity contribution is 5.89. The minimum Gasteiger partial charge on any atom is -0.478 e. The van der Waals surface area contributed by atoms with Gasteiger partial charge in [0.2, 0.25) is 5.95 Å². The van der Waals surface area contributed by atoms with E-state index in [4.69, 9.17) is 5.11 Å². The summed E-state index contributed by atoms with van der Waals surface area (Å²) in [6.45, 7) is 0. The molecule has 4 rings (SSSR count). The van der Waals surface area contributed by atoms with E-state index in [-0.39, 0.29) is 5.56 Å². The number of hydrogen-bond donors (Lipinski definition) is 3. The zero-order valence-electron chi connectivity index (χ0n) is 13.0. The molecule has 0 bridgehead atoms. The van der Waals surface area contributed by atoms with Crippen molar-refractivity contribution in [1.29, 1.82) is 0 Å². The van der Waals surface area contributed by atoms with Gasteiger partial charge in [-0.15, -0.1) is 0 Å². The summed E-state index contributed by atoms with van der Waals surface area (Å²) in [6.07, 6.45) is 3.31. The first-order chi connectivity index (χ1) is 12.2. The Morgan fingerprint density at radius 1 is 1.08 bits per heavy atom. The van der Waals surface area contributed by atoms with Gasteiger partial charge in [-0.05, 0) is 36.4 Å². The third kappa shape index (κ3) is 3.02. The number of carboxylic acids is 1. The van der Waals surface area contributed by atoms with Gasteiger partial charge in [-0.3, -0.25) is 0 Å². The average Bonchev–Trinajstić information content (AvgIpc) is 3.10. The number of aromatic amines is 1. The lowest BCUT2D eigenvalue weighted by Gasteiger charge is -2.07. The number of carbonyl (C=O) groups is 1. The van der Waals surface area contributed by atoms with Gasteiger partial charge in [0.25, 0.3) is 0 Å². The number of rotatable bonds is 4. The lowest BCUT2D eigenvalue weighted by molar-refractivity contribution is 0.0697. The predicted octanol–water partition coefficient (Wildman–Crippen LogP) is 3.46. The molecule has 0 aliphatic carbocycles. The second-order valence-electron chi connectivity index (χ2n) is 5.41. The number of aromatic nitrogens is 4. The Bertz CT molecular complexity index is 1070. The minimum absolute atomic E-state index is 0.200. The van der Waals surface area contributed by atoms with Gasteiger partial charge in [-0.25, -0.2) is 19.7 Å². The van der Waals surface area contributed by atoms with E-state index in [2.05, 4.69) is 25.3 Å². The van der Waals surface area contributed by atoms with Crippen LogP contribution in [0.4, 0.5) is 11.6 Å². The molecule has 0 saturated carbocycles. The van der Waals surface area contributed by atoms with Crippen molar-refractivity contribution in [2.24, 2.45) is 0 Å². The highest BCUT2D eigenvalue weighted by Crippen LogP contribution is 2.22. The molecule has 2 aromatic carbocycles. The van der Waals surface area contributed by atoms with Crippen LogP contribution in [0.1, 0.15) is 10.4 Å². The molecule has 4 aromatic rings. The van der Waals surface area contributed by atoms with Gasteiger partial charge in [0, 0.05) is 17.4 Å². The lowest BCUT2D eigenvalue weighted by Crippen LogP contribution is -2.00. The molecule has 7 nitrogen and oxygen atoms in total. The van der Waals surface area contributed by atoms with E-state index in [1.165, 1.54) is 12.1 Å². The first-order valence-corrected chi connectivity index (χ1v) is 7.56. The molecule has 0 radical (unpaired) electrons. The smallest absolute Gasteiger partial charge is 0.335 e. The first kappa shape index (κ1) is 14.8. The maximum absolute atomic E-state index is 11.1. The van der Waals surface area contributed by atoms with Gasteiger partial charge in [-0.1, -0.05) is 12.1 Å². The number of aromatic carboxylic acids is 1. The van der Waals surface area contributed by atoms with Crippen molar-refractivity contribution in [2.45, 2.75) is 0 Å². The molecule has 0 spiro atoms. The lowest BCUT2D eigenvalue weighted by atomic mass is 10.1. The van der Waals surface area contributed by atoms with Crippen LogP contribution in [0.2, 0.25) is 0 Å². The van der Waals surface area contributed by atoms with Crippen molar-refractivity contribution >= 4 is 28.6 Å². The number of benzene rings is 2. The second kappa shape index (κ2) is 6.04. The summed E-state index contributed by atoms with van der Waals surface area (Å²) < 4.78 is 0. The van der Waals surface area contributed by atoms with Crippen molar-refractivity contribution in [3.63, 3.8) is 0 Å². The monoisotopic (exact) mass is 331 g/mol. The van der Waals surface area contributed by atoms with E-state index in [1.807, 2.05) is 24.3 Å². The van der Waals surface area contributed by atoms with Crippen molar-refractivity contribution in [2.75, 3.05) is 5.32 Å². The highest BCUT2D eigenvalue weighted by atomic mass is 16.4. The quantitative estimate of drug-likeness (QED) is 0.529. The summed E-state index contributed by atoms with van der Waals surface area (Å²) in [5.74, 6) is -0.587. The molecule has 0 fully saturated rings. The Morgan fingerprint density at radius 2 is 2.00 bits per heavy atom. The van der Waals surface area contributed by atoms with Crippen LogP contribution in [-0.2, 0) is 0 Å². The van der Waals surface area contributed by atoms with Crippen LogP contribution in [0.25, 0.3) is 22.3 Å². The largest absolute Gasteiger partial charge is 0.478 e. The Labute approximate surface area is 142 Å². The van der Waals surface area contributed by atoms with Gasteiger partial charge in [0.15, 0.2) is 0 Å². The standard InChI is InChI=1S/C18H13N5O2/c24-17(25)12-2-1-3-13(8-12)22-18-19-7-6-14(23-18)11-4-5-15-16(9-11)21-10-20-15/h1-10H,(H,20,21)(H,24,25)(H,19,22,23). The molecule has 3 N–H and O–H groups in total. The predicted molar refractivity (Wildman–Crippen MR) is 93.8 cm³/mol. The van der Waals surface area contributed by atoms with E-state index >= 15 is 0 Å². The molecule has 0 unspecified atom stereocenters. The molecule has 0 atom stereocenters. The maximum atomic E-state index is 11.1. The molecule has 0 saturated heterocycles. The number of nitrogens with one attached hydrogen (secondary N) is 2. The zero-order chi connectivity index (χ0) is 17.2. The molecule has 2 heterocycles. The number of hydrogen-bond acceptors (Lipinski definition) is 5. The number of imidazole rings is 1. The number of nitrogens with zero attached hydrogens (tertiary/aromatic N) is 3. The second-order valence-corrected chi connectivity index (χ2v) is 5.41. The average molecular weight is 331 g/mol. The molecular weight excluding hydrogens is 318 g/mol. The van der Waals surface area contributed by atoms with Crippen LogP contribution in [0.15, 0.2) is 61.1 Å². The fourth-order valence-electron chi connectivity index (χ4n) is 2.53. The van der Waals surface area contributed by atoms with Crippen molar-refractivity contribution < 1.29 is 9.90 Å². The number of fused-ring (bicyclic) bond motifs is 1. The summed E-state index contributed by atoms with van der Waals surface area (Å²) in [6, 6.07) is 14.2. The summed E-state index contributed by atoms with van der Waals surface area (Å²) in [4.78, 5) is 27.0. The topological polar surface area (TPSA) is 104 Å². The van der Waals surface area contributed by atoms with Gasteiger partial charge in [0.05, 0.1) is 28.6 Å². The van der Waals surface area contributed by atoms with E-state index < -0.39 is 5.97 Å². The van der Waals surface area contributed by atoms with Gasteiger partial charge in [0.1, 0.15) is 0 Å². The van der Waals surface area contributed by atoms with Crippen LogP contribution in [0, 0.1) is 0 Å². The SMILES string of the molecule is O=C(O)c1cccc(Nc2nccc(-c3ccc4nc[nH]c4c3)n2)c1. The molecular formula is C18H13N5O2. The van der Waals surface area contributed by atoms with E-state index in [0.29, 0.717) is 11.6 Å². The molecule has 7 heteroatoms. The number of H-pyrrole nitrogens is 1. The number of carboxylic acid groups (broad SMARTS) is 1.